The fourth-order valence-electron chi connectivity index (χ4n) is 0.449. The highest BCUT2D eigenvalue weighted by atomic mass is 19.1. The first kappa shape index (κ1) is 5.81. The third-order valence-corrected chi connectivity index (χ3v) is 0.889. The summed E-state index contributed by atoms with van der Waals surface area (Å²) in [6.07, 6.45) is 2.13. The molecule has 0 bridgehead atoms. The predicted octanol–water partition coefficient (Wildman–Crippen LogP) is 0.509. The molecule has 1 rings (SSSR count). The zero-order valence-corrected chi connectivity index (χ0v) is 4.50. The van der Waals surface area contributed by atoms with Crippen molar-refractivity contribution in [3.8, 4) is 5.75 Å². The summed E-state index contributed by atoms with van der Waals surface area (Å²) in [7, 11) is 0. The molecule has 0 aromatic carbocycles. The number of rotatable bonds is 0. The van der Waals surface area contributed by atoms with Crippen LogP contribution in [0.5, 0.6) is 5.75 Å². The van der Waals surface area contributed by atoms with Gasteiger partial charge in [0.1, 0.15) is 0 Å². The molecule has 0 aliphatic heterocycles. The van der Waals surface area contributed by atoms with Crippen molar-refractivity contribution in [3.63, 3.8) is 0 Å². The van der Waals surface area contributed by atoms with Gasteiger partial charge in [-0.15, -0.1) is 0 Å². The minimum absolute atomic E-state index is 0.144. The van der Waals surface area contributed by atoms with E-state index in [9.17, 15) is 4.39 Å². The van der Waals surface area contributed by atoms with Gasteiger partial charge in [0.15, 0.2) is 11.6 Å². The summed E-state index contributed by atoms with van der Waals surface area (Å²) in [6.45, 7) is 0. The molecular formula is C5H5FN2O. The lowest BCUT2D eigenvalue weighted by molar-refractivity contribution is 0.431. The molecule has 48 valence electrons. The monoisotopic (exact) mass is 128 g/mol. The van der Waals surface area contributed by atoms with Crippen LogP contribution in [-0.2, 0) is 0 Å². The van der Waals surface area contributed by atoms with Crippen LogP contribution in [0.3, 0.4) is 0 Å². The molecule has 0 fully saturated rings. The number of halogens is 1. The van der Waals surface area contributed by atoms with Gasteiger partial charge in [0.2, 0.25) is 0 Å². The highest BCUT2D eigenvalue weighted by Crippen LogP contribution is 2.17. The van der Waals surface area contributed by atoms with E-state index in [0.717, 1.165) is 12.4 Å². The topological polar surface area (TPSA) is 59.1 Å². The van der Waals surface area contributed by atoms with Crippen LogP contribution in [0.1, 0.15) is 0 Å². The summed E-state index contributed by atoms with van der Waals surface area (Å²) in [6, 6.07) is 0. The van der Waals surface area contributed by atoms with E-state index >= 15 is 0 Å². The minimum atomic E-state index is -0.815. The molecule has 0 unspecified atom stereocenters. The van der Waals surface area contributed by atoms with Crippen molar-refractivity contribution in [2.24, 2.45) is 0 Å². The Morgan fingerprint density at radius 2 is 2.22 bits per heavy atom. The number of pyridine rings is 1. The molecule has 0 atom stereocenters. The molecule has 0 spiro atoms. The molecule has 1 aromatic rings. The van der Waals surface area contributed by atoms with E-state index in [1.54, 1.807) is 0 Å². The van der Waals surface area contributed by atoms with Crippen molar-refractivity contribution in [1.29, 1.82) is 0 Å². The van der Waals surface area contributed by atoms with Gasteiger partial charge < -0.3 is 10.8 Å². The highest BCUT2D eigenvalue weighted by molar-refractivity contribution is 5.41. The fraction of sp³-hybridized carbons (Fsp3) is 0. The van der Waals surface area contributed by atoms with Gasteiger partial charge >= 0.3 is 0 Å². The van der Waals surface area contributed by atoms with Gasteiger partial charge in [-0.25, -0.2) is 4.39 Å². The Hall–Kier alpha value is -1.32. The number of nitrogens with zero attached hydrogens (tertiary/aromatic N) is 1. The van der Waals surface area contributed by atoms with E-state index in [-0.39, 0.29) is 5.69 Å². The number of hydrogen-bond donors (Lipinski definition) is 2. The number of nitrogens with two attached hydrogens (primary N) is 1. The van der Waals surface area contributed by atoms with Crippen LogP contribution in [0.2, 0.25) is 0 Å². The molecule has 0 radical (unpaired) electrons. The van der Waals surface area contributed by atoms with E-state index in [1.807, 2.05) is 0 Å². The van der Waals surface area contributed by atoms with Gasteiger partial charge in [0.05, 0.1) is 18.1 Å². The van der Waals surface area contributed by atoms with Gasteiger partial charge in [-0.3, -0.25) is 4.98 Å². The Balaban J connectivity index is 3.25. The number of anilines is 1. The lowest BCUT2D eigenvalue weighted by atomic mass is 10.4. The second-order valence-corrected chi connectivity index (χ2v) is 1.56. The van der Waals surface area contributed by atoms with Crippen LogP contribution < -0.4 is 5.73 Å². The molecule has 0 aliphatic carbocycles. The highest BCUT2D eigenvalue weighted by Gasteiger charge is 2.01. The average Bonchev–Trinajstić information content (AvgIpc) is 1.83. The first-order valence-corrected chi connectivity index (χ1v) is 2.30. The molecule has 4 heteroatoms. The van der Waals surface area contributed by atoms with Gasteiger partial charge in [-0.2, -0.15) is 0 Å². The zero-order chi connectivity index (χ0) is 6.85. The molecule has 0 saturated carbocycles. The van der Waals surface area contributed by atoms with Crippen LogP contribution in [0.15, 0.2) is 12.4 Å². The van der Waals surface area contributed by atoms with Gasteiger partial charge in [-0.1, -0.05) is 0 Å². The van der Waals surface area contributed by atoms with Gasteiger partial charge in [-0.05, 0) is 0 Å². The maximum absolute atomic E-state index is 12.3. The normalized spacial score (nSPS) is 9.44. The van der Waals surface area contributed by atoms with E-state index in [4.69, 9.17) is 10.8 Å². The maximum Gasteiger partial charge on any atom is 0.190 e. The lowest BCUT2D eigenvalue weighted by Gasteiger charge is -1.94. The summed E-state index contributed by atoms with van der Waals surface area (Å²) >= 11 is 0. The smallest absolute Gasteiger partial charge is 0.190 e. The zero-order valence-electron chi connectivity index (χ0n) is 4.50. The third-order valence-electron chi connectivity index (χ3n) is 0.889. The second-order valence-electron chi connectivity index (χ2n) is 1.56. The van der Waals surface area contributed by atoms with Crippen molar-refractivity contribution in [2.75, 3.05) is 5.73 Å². The summed E-state index contributed by atoms with van der Waals surface area (Å²) in [5, 5.41) is 8.58. The Bertz CT molecular complexity index is 206. The molecule has 9 heavy (non-hydrogen) atoms. The van der Waals surface area contributed by atoms with Crippen LogP contribution >= 0.6 is 0 Å². The summed E-state index contributed by atoms with van der Waals surface area (Å²) in [5.74, 6) is -1.33. The Morgan fingerprint density at radius 3 is 2.67 bits per heavy atom. The molecule has 0 amide bonds. The first-order valence-electron chi connectivity index (χ1n) is 2.30. The molecule has 0 saturated heterocycles. The molecule has 0 aliphatic rings. The second kappa shape index (κ2) is 1.89. The Kier molecular flexibility index (Phi) is 1.22. The standard InChI is InChI=1S/C5H5FN2O/c6-5-3(7)1-8-2-4(5)9/h1-2,9H,7H2. The molecular weight excluding hydrogens is 123 g/mol. The van der Waals surface area contributed by atoms with Crippen molar-refractivity contribution < 1.29 is 9.50 Å². The van der Waals surface area contributed by atoms with Crippen LogP contribution in [0.25, 0.3) is 0 Å². The van der Waals surface area contributed by atoms with Crippen molar-refractivity contribution in [3.05, 3.63) is 18.2 Å². The summed E-state index contributed by atoms with van der Waals surface area (Å²) in [4.78, 5) is 3.43. The lowest BCUT2D eigenvalue weighted by Crippen LogP contribution is -1.90. The summed E-state index contributed by atoms with van der Waals surface area (Å²) in [5.41, 5.74) is 4.88. The van der Waals surface area contributed by atoms with E-state index < -0.39 is 11.6 Å². The number of aromatic nitrogens is 1. The van der Waals surface area contributed by atoms with E-state index in [1.165, 1.54) is 0 Å². The largest absolute Gasteiger partial charge is 0.504 e. The maximum atomic E-state index is 12.3. The van der Waals surface area contributed by atoms with Crippen LogP contribution in [0.4, 0.5) is 10.1 Å². The molecule has 3 nitrogen and oxygen atoms in total. The van der Waals surface area contributed by atoms with Gasteiger partial charge in [0.25, 0.3) is 0 Å². The fourth-order valence-corrected chi connectivity index (χ4v) is 0.449. The minimum Gasteiger partial charge on any atom is -0.504 e. The number of aromatic hydroxyl groups is 1. The van der Waals surface area contributed by atoms with Crippen LogP contribution in [-0.4, -0.2) is 10.1 Å². The SMILES string of the molecule is Nc1cncc(O)c1F. The number of hydrogen-bond acceptors (Lipinski definition) is 3. The first-order chi connectivity index (χ1) is 4.22. The van der Waals surface area contributed by atoms with Crippen molar-refractivity contribution >= 4 is 5.69 Å². The van der Waals surface area contributed by atoms with Crippen molar-refractivity contribution in [2.45, 2.75) is 0 Å². The van der Waals surface area contributed by atoms with Crippen molar-refractivity contribution in [1.82, 2.24) is 4.98 Å². The Morgan fingerprint density at radius 1 is 1.56 bits per heavy atom. The predicted molar refractivity (Wildman–Crippen MR) is 30.3 cm³/mol. The third kappa shape index (κ3) is 0.910. The van der Waals surface area contributed by atoms with Gasteiger partial charge in [0, 0.05) is 0 Å². The molecule has 1 aromatic heterocycles. The quantitative estimate of drug-likeness (QED) is 0.535. The molecule has 1 heterocycles. The molecule has 3 N–H and O–H groups in total. The van der Waals surface area contributed by atoms with Crippen LogP contribution in [0, 0.1) is 5.82 Å². The Labute approximate surface area is 51.0 Å². The van der Waals surface area contributed by atoms with E-state index in [0.29, 0.717) is 0 Å². The number of nitrogen functional groups attached to an aromatic ring is 1. The summed E-state index contributed by atoms with van der Waals surface area (Å²) < 4.78 is 12.3. The van der Waals surface area contributed by atoms with E-state index in [2.05, 4.69) is 4.98 Å². The average molecular weight is 128 g/mol.